The van der Waals surface area contributed by atoms with E-state index in [2.05, 4.69) is 20.8 Å². The molecule has 0 aliphatic rings. The van der Waals surface area contributed by atoms with Crippen LogP contribution in [-0.4, -0.2) is 23.9 Å². The third kappa shape index (κ3) is 4.34. The molecule has 3 nitrogen and oxygen atoms in total. The molecule has 0 fully saturated rings. The van der Waals surface area contributed by atoms with Gasteiger partial charge in [0.15, 0.2) is 0 Å². The summed E-state index contributed by atoms with van der Waals surface area (Å²) in [6.07, 6.45) is 1.01. The molecule has 3 atom stereocenters. The fraction of sp³-hybridized carbons (Fsp3) is 0.588. The Labute approximate surface area is 123 Å². The molecule has 1 amide bonds. The first-order valence-electron chi connectivity index (χ1n) is 7.41. The van der Waals surface area contributed by atoms with Gasteiger partial charge in [-0.1, -0.05) is 51.1 Å². The maximum absolute atomic E-state index is 12.5. The molecule has 20 heavy (non-hydrogen) atoms. The highest BCUT2D eigenvalue weighted by Crippen LogP contribution is 2.22. The second-order valence-electron chi connectivity index (χ2n) is 6.15. The minimum Gasteiger partial charge on any atom is -0.343 e. The number of hydrogen-bond donors (Lipinski definition) is 1. The monoisotopic (exact) mass is 276 g/mol. The molecule has 0 bridgehead atoms. The van der Waals surface area contributed by atoms with Gasteiger partial charge in [0.2, 0.25) is 5.91 Å². The summed E-state index contributed by atoms with van der Waals surface area (Å²) in [4.78, 5) is 14.4. The van der Waals surface area contributed by atoms with Crippen molar-refractivity contribution < 1.29 is 4.79 Å². The number of hydrogen-bond acceptors (Lipinski definition) is 2. The molecule has 3 unspecified atom stereocenters. The summed E-state index contributed by atoms with van der Waals surface area (Å²) >= 11 is 0. The third-order valence-corrected chi connectivity index (χ3v) is 3.93. The second kappa shape index (κ2) is 7.44. The molecule has 0 aromatic heterocycles. The van der Waals surface area contributed by atoms with E-state index < -0.39 is 0 Å². The van der Waals surface area contributed by atoms with E-state index in [1.807, 2.05) is 49.2 Å². The van der Waals surface area contributed by atoms with Gasteiger partial charge in [0, 0.05) is 19.1 Å². The Bertz CT molecular complexity index is 416. The van der Waals surface area contributed by atoms with Gasteiger partial charge in [0.1, 0.15) is 0 Å². The topological polar surface area (TPSA) is 46.3 Å². The summed E-state index contributed by atoms with van der Waals surface area (Å²) < 4.78 is 0. The highest BCUT2D eigenvalue weighted by atomic mass is 16.2. The van der Waals surface area contributed by atoms with Crippen LogP contribution in [0, 0.1) is 11.8 Å². The van der Waals surface area contributed by atoms with E-state index >= 15 is 0 Å². The molecule has 0 saturated carbocycles. The van der Waals surface area contributed by atoms with Crippen molar-refractivity contribution in [1.82, 2.24) is 4.90 Å². The van der Waals surface area contributed by atoms with Crippen LogP contribution in [0.2, 0.25) is 0 Å². The van der Waals surface area contributed by atoms with E-state index in [0.717, 1.165) is 12.0 Å². The first-order chi connectivity index (χ1) is 9.34. The molecule has 1 aromatic carbocycles. The number of amides is 1. The van der Waals surface area contributed by atoms with Crippen molar-refractivity contribution >= 4 is 5.91 Å². The summed E-state index contributed by atoms with van der Waals surface area (Å²) in [7, 11) is 1.88. The number of nitrogens with two attached hydrogens (primary N) is 1. The number of carbonyl (C=O) groups is 1. The zero-order chi connectivity index (χ0) is 15.3. The van der Waals surface area contributed by atoms with Crippen LogP contribution >= 0.6 is 0 Å². The van der Waals surface area contributed by atoms with Crippen LogP contribution in [0.3, 0.4) is 0 Å². The predicted molar refractivity (Wildman–Crippen MR) is 84.2 cm³/mol. The highest BCUT2D eigenvalue weighted by molar-refractivity contribution is 5.79. The van der Waals surface area contributed by atoms with Crippen LogP contribution in [0.4, 0.5) is 0 Å². The van der Waals surface area contributed by atoms with Gasteiger partial charge in [-0.05, 0) is 24.8 Å². The molecule has 0 radical (unpaired) electrons. The van der Waals surface area contributed by atoms with Gasteiger partial charge in [-0.25, -0.2) is 0 Å². The lowest BCUT2D eigenvalue weighted by atomic mass is 9.93. The zero-order valence-corrected chi connectivity index (χ0v) is 13.3. The summed E-state index contributed by atoms with van der Waals surface area (Å²) in [5, 5.41) is 0. The van der Waals surface area contributed by atoms with Gasteiger partial charge >= 0.3 is 0 Å². The molecule has 0 aliphatic heterocycles. The van der Waals surface area contributed by atoms with Crippen LogP contribution in [0.25, 0.3) is 0 Å². The van der Waals surface area contributed by atoms with Gasteiger partial charge in [0.25, 0.3) is 0 Å². The Morgan fingerprint density at radius 3 is 2.20 bits per heavy atom. The largest absolute Gasteiger partial charge is 0.343 e. The number of carbonyl (C=O) groups excluding carboxylic acids is 1. The van der Waals surface area contributed by atoms with E-state index in [1.165, 1.54) is 0 Å². The van der Waals surface area contributed by atoms with Crippen LogP contribution in [-0.2, 0) is 4.79 Å². The van der Waals surface area contributed by atoms with Crippen molar-refractivity contribution in [2.75, 3.05) is 7.05 Å². The first-order valence-corrected chi connectivity index (χ1v) is 7.41. The van der Waals surface area contributed by atoms with Crippen molar-refractivity contribution in [2.24, 2.45) is 17.6 Å². The van der Waals surface area contributed by atoms with Crippen molar-refractivity contribution in [3.05, 3.63) is 35.9 Å². The van der Waals surface area contributed by atoms with Crippen molar-refractivity contribution in [2.45, 2.75) is 46.2 Å². The number of nitrogens with zero attached hydrogens (tertiary/aromatic N) is 1. The summed E-state index contributed by atoms with van der Waals surface area (Å²) in [6.45, 7) is 8.36. The quantitative estimate of drug-likeness (QED) is 0.867. The summed E-state index contributed by atoms with van der Waals surface area (Å²) in [5.74, 6) is 0.491. The first kappa shape index (κ1) is 16.7. The maximum Gasteiger partial charge on any atom is 0.227 e. The number of rotatable bonds is 6. The SMILES string of the molecule is CC(C)CC(C)N(C)C(=O)C(C)C(N)c1ccccc1. The molecular formula is C17H28N2O. The van der Waals surface area contributed by atoms with Crippen LogP contribution in [0.5, 0.6) is 0 Å². The van der Waals surface area contributed by atoms with E-state index in [-0.39, 0.29) is 23.9 Å². The minimum atomic E-state index is -0.252. The van der Waals surface area contributed by atoms with Crippen molar-refractivity contribution in [3.8, 4) is 0 Å². The molecule has 3 heteroatoms. The Hall–Kier alpha value is -1.35. The predicted octanol–water partition coefficient (Wildman–Crippen LogP) is 3.22. The average molecular weight is 276 g/mol. The van der Waals surface area contributed by atoms with E-state index in [4.69, 9.17) is 5.73 Å². The highest BCUT2D eigenvalue weighted by Gasteiger charge is 2.27. The van der Waals surface area contributed by atoms with Crippen molar-refractivity contribution in [1.29, 1.82) is 0 Å². The van der Waals surface area contributed by atoms with Crippen molar-refractivity contribution in [3.63, 3.8) is 0 Å². The fourth-order valence-corrected chi connectivity index (χ4v) is 2.50. The molecular weight excluding hydrogens is 248 g/mol. The van der Waals surface area contributed by atoms with Gasteiger partial charge in [0.05, 0.1) is 5.92 Å². The second-order valence-corrected chi connectivity index (χ2v) is 6.15. The summed E-state index contributed by atoms with van der Waals surface area (Å²) in [6, 6.07) is 9.82. The van der Waals surface area contributed by atoms with Crippen LogP contribution in [0.15, 0.2) is 30.3 Å². The Balaban J connectivity index is 2.71. The van der Waals surface area contributed by atoms with Gasteiger partial charge in [-0.15, -0.1) is 0 Å². The maximum atomic E-state index is 12.5. The van der Waals surface area contributed by atoms with Gasteiger partial charge in [-0.2, -0.15) is 0 Å². The van der Waals surface area contributed by atoms with E-state index in [1.54, 1.807) is 0 Å². The smallest absolute Gasteiger partial charge is 0.227 e. The molecule has 2 N–H and O–H groups in total. The molecule has 0 saturated heterocycles. The van der Waals surface area contributed by atoms with Gasteiger partial charge in [-0.3, -0.25) is 4.79 Å². The zero-order valence-electron chi connectivity index (χ0n) is 13.3. The molecule has 0 aliphatic carbocycles. The lowest BCUT2D eigenvalue weighted by molar-refractivity contribution is -0.136. The van der Waals surface area contributed by atoms with E-state index in [0.29, 0.717) is 5.92 Å². The van der Waals surface area contributed by atoms with Gasteiger partial charge < -0.3 is 10.6 Å². The fourth-order valence-electron chi connectivity index (χ4n) is 2.50. The Kier molecular flexibility index (Phi) is 6.21. The third-order valence-electron chi connectivity index (χ3n) is 3.93. The van der Waals surface area contributed by atoms with Crippen LogP contribution in [0.1, 0.15) is 45.7 Å². The lowest BCUT2D eigenvalue weighted by Gasteiger charge is -2.31. The Morgan fingerprint density at radius 2 is 1.70 bits per heavy atom. The molecule has 112 valence electrons. The molecule has 0 spiro atoms. The lowest BCUT2D eigenvalue weighted by Crippen LogP contribution is -2.42. The standard InChI is InChI=1S/C17H28N2O/c1-12(2)11-13(3)19(5)17(20)14(4)16(18)15-9-7-6-8-10-15/h6-10,12-14,16H,11,18H2,1-5H3. The van der Waals surface area contributed by atoms with E-state index in [9.17, 15) is 4.79 Å². The molecule has 1 aromatic rings. The normalized spacial score (nSPS) is 15.8. The number of benzene rings is 1. The molecule has 1 rings (SSSR count). The van der Waals surface area contributed by atoms with Crippen LogP contribution < -0.4 is 5.73 Å². The summed E-state index contributed by atoms with van der Waals surface area (Å²) in [5.41, 5.74) is 7.24. The minimum absolute atomic E-state index is 0.120. The average Bonchev–Trinajstić information content (AvgIpc) is 2.44. The Morgan fingerprint density at radius 1 is 1.15 bits per heavy atom. The molecule has 0 heterocycles.